The summed E-state index contributed by atoms with van der Waals surface area (Å²) in [6.07, 6.45) is 0. The molecular formula is C17H18N4O4. The average Bonchev–Trinajstić information content (AvgIpc) is 2.97. The Morgan fingerprint density at radius 1 is 1.32 bits per heavy atom. The number of methoxy groups -OCH3 is 1. The molecule has 2 heterocycles. The minimum absolute atomic E-state index is 0.132. The molecule has 0 bridgehead atoms. The quantitative estimate of drug-likeness (QED) is 0.751. The Bertz CT molecular complexity index is 990. The van der Waals surface area contributed by atoms with Crippen LogP contribution in [0, 0.1) is 13.8 Å². The third-order valence-corrected chi connectivity index (χ3v) is 3.93. The van der Waals surface area contributed by atoms with Gasteiger partial charge in [-0.05, 0) is 19.9 Å². The summed E-state index contributed by atoms with van der Waals surface area (Å²) in [5.74, 6) is 0.784. The zero-order chi connectivity index (χ0) is 18.0. The number of benzene rings is 1. The molecule has 0 fully saturated rings. The topological polar surface area (TPSA) is 99.2 Å². The highest BCUT2D eigenvalue weighted by atomic mass is 16.5. The van der Waals surface area contributed by atoms with E-state index in [9.17, 15) is 9.59 Å². The molecule has 0 atom stereocenters. The van der Waals surface area contributed by atoms with Crippen molar-refractivity contribution in [2.24, 2.45) is 0 Å². The number of fused-ring (bicyclic) bond motifs is 1. The van der Waals surface area contributed by atoms with Crippen LogP contribution >= 0.6 is 0 Å². The molecule has 1 amide bonds. The number of ether oxygens (including phenoxy) is 1. The summed E-state index contributed by atoms with van der Waals surface area (Å²) in [5.41, 5.74) is 1.15. The number of hydrogen-bond donors (Lipinski definition) is 1. The van der Waals surface area contributed by atoms with E-state index in [1.54, 1.807) is 21.0 Å². The van der Waals surface area contributed by atoms with E-state index in [1.165, 1.54) is 4.57 Å². The lowest BCUT2D eigenvalue weighted by Crippen LogP contribution is -2.33. The highest BCUT2D eigenvalue weighted by Crippen LogP contribution is 2.16. The lowest BCUT2D eigenvalue weighted by Gasteiger charge is -2.11. The molecule has 8 nitrogen and oxygen atoms in total. The number of amides is 1. The van der Waals surface area contributed by atoms with E-state index >= 15 is 0 Å². The first-order valence-corrected chi connectivity index (χ1v) is 7.73. The molecular weight excluding hydrogens is 324 g/mol. The molecule has 0 spiro atoms. The van der Waals surface area contributed by atoms with Crippen molar-refractivity contribution < 1.29 is 14.1 Å². The van der Waals surface area contributed by atoms with E-state index in [0.29, 0.717) is 29.2 Å². The Kier molecular flexibility index (Phi) is 4.51. The van der Waals surface area contributed by atoms with Crippen molar-refractivity contribution in [3.05, 3.63) is 51.7 Å². The largest absolute Gasteiger partial charge is 0.496 e. The average molecular weight is 342 g/mol. The molecule has 130 valence electrons. The minimum Gasteiger partial charge on any atom is -0.496 e. The molecule has 0 saturated heterocycles. The second kappa shape index (κ2) is 6.76. The van der Waals surface area contributed by atoms with Gasteiger partial charge in [0.05, 0.1) is 12.8 Å². The third kappa shape index (κ3) is 3.23. The third-order valence-electron chi connectivity index (χ3n) is 3.93. The maximum absolute atomic E-state index is 12.6. The fourth-order valence-electron chi connectivity index (χ4n) is 2.60. The molecule has 3 rings (SSSR count). The van der Waals surface area contributed by atoms with Crippen LogP contribution in [0.1, 0.15) is 17.1 Å². The summed E-state index contributed by atoms with van der Waals surface area (Å²) in [6, 6.07) is 7.41. The fourth-order valence-corrected chi connectivity index (χ4v) is 2.60. The lowest BCUT2D eigenvalue weighted by molar-refractivity contribution is -0.121. The van der Waals surface area contributed by atoms with Gasteiger partial charge in [0.1, 0.15) is 23.5 Å². The van der Waals surface area contributed by atoms with Crippen LogP contribution < -0.4 is 15.6 Å². The summed E-state index contributed by atoms with van der Waals surface area (Å²) in [6.45, 7) is 3.48. The predicted molar refractivity (Wildman–Crippen MR) is 90.4 cm³/mol. The first kappa shape index (κ1) is 16.7. The van der Waals surface area contributed by atoms with Gasteiger partial charge in [-0.2, -0.15) is 4.98 Å². The van der Waals surface area contributed by atoms with Crippen LogP contribution in [0.25, 0.3) is 11.1 Å². The number of nitrogens with zero attached hydrogens (tertiary/aromatic N) is 3. The van der Waals surface area contributed by atoms with Gasteiger partial charge in [-0.3, -0.25) is 14.2 Å². The van der Waals surface area contributed by atoms with Crippen LogP contribution in [0.5, 0.6) is 5.75 Å². The Hall–Kier alpha value is -3.16. The van der Waals surface area contributed by atoms with E-state index in [-0.39, 0.29) is 23.7 Å². The normalized spacial score (nSPS) is 10.8. The fraction of sp³-hybridized carbons (Fsp3) is 0.294. The SMILES string of the molecule is COc1ccccc1CNC(=O)Cn1c(C)nc2onc(C)c2c1=O. The van der Waals surface area contributed by atoms with Gasteiger partial charge in [0.2, 0.25) is 5.91 Å². The summed E-state index contributed by atoms with van der Waals surface area (Å²) < 4.78 is 11.6. The van der Waals surface area contributed by atoms with Crippen molar-refractivity contribution in [2.45, 2.75) is 26.9 Å². The lowest BCUT2D eigenvalue weighted by atomic mass is 10.2. The number of carbonyl (C=O) groups excluding carboxylic acids is 1. The van der Waals surface area contributed by atoms with Crippen molar-refractivity contribution in [3.63, 3.8) is 0 Å². The van der Waals surface area contributed by atoms with Crippen molar-refractivity contribution in [1.82, 2.24) is 20.0 Å². The highest BCUT2D eigenvalue weighted by molar-refractivity contribution is 5.77. The minimum atomic E-state index is -0.339. The Morgan fingerprint density at radius 3 is 2.84 bits per heavy atom. The van der Waals surface area contributed by atoms with Gasteiger partial charge in [-0.15, -0.1) is 0 Å². The molecule has 1 N–H and O–H groups in total. The molecule has 0 radical (unpaired) electrons. The van der Waals surface area contributed by atoms with Crippen molar-refractivity contribution in [1.29, 1.82) is 0 Å². The Morgan fingerprint density at radius 2 is 2.08 bits per heavy atom. The molecule has 0 unspecified atom stereocenters. The van der Waals surface area contributed by atoms with Gasteiger partial charge in [-0.1, -0.05) is 23.4 Å². The molecule has 8 heteroatoms. The van der Waals surface area contributed by atoms with Crippen LogP contribution in [-0.2, 0) is 17.9 Å². The van der Waals surface area contributed by atoms with Gasteiger partial charge >= 0.3 is 0 Å². The zero-order valence-corrected chi connectivity index (χ0v) is 14.2. The number of carbonyl (C=O) groups is 1. The highest BCUT2D eigenvalue weighted by Gasteiger charge is 2.16. The first-order chi connectivity index (χ1) is 12.0. The molecule has 2 aromatic heterocycles. The van der Waals surface area contributed by atoms with Crippen molar-refractivity contribution in [2.75, 3.05) is 7.11 Å². The molecule has 0 saturated carbocycles. The number of hydrogen-bond acceptors (Lipinski definition) is 6. The molecule has 0 aliphatic rings. The summed E-state index contributed by atoms with van der Waals surface area (Å²) >= 11 is 0. The number of aryl methyl sites for hydroxylation is 2. The molecule has 25 heavy (non-hydrogen) atoms. The van der Waals surface area contributed by atoms with Gasteiger partial charge < -0.3 is 14.6 Å². The maximum Gasteiger partial charge on any atom is 0.267 e. The Balaban J connectivity index is 1.78. The molecule has 3 aromatic rings. The van der Waals surface area contributed by atoms with Crippen LogP contribution in [0.2, 0.25) is 0 Å². The number of aromatic nitrogens is 3. The zero-order valence-electron chi connectivity index (χ0n) is 14.2. The van der Waals surface area contributed by atoms with E-state index in [2.05, 4.69) is 15.5 Å². The monoisotopic (exact) mass is 342 g/mol. The van der Waals surface area contributed by atoms with E-state index < -0.39 is 0 Å². The predicted octanol–water partition coefficient (Wildman–Crippen LogP) is 1.33. The van der Waals surface area contributed by atoms with Crippen molar-refractivity contribution >= 4 is 17.0 Å². The van der Waals surface area contributed by atoms with Gasteiger partial charge in [-0.25, -0.2) is 0 Å². The van der Waals surface area contributed by atoms with Crippen LogP contribution in [0.4, 0.5) is 0 Å². The van der Waals surface area contributed by atoms with Crippen LogP contribution in [-0.4, -0.2) is 27.7 Å². The summed E-state index contributed by atoms with van der Waals surface area (Å²) in [7, 11) is 1.58. The van der Waals surface area contributed by atoms with Gasteiger partial charge in [0.25, 0.3) is 11.3 Å². The standard InChI is InChI=1S/C17H18N4O4/c1-10-15-16(25-20-10)19-11(2)21(17(15)23)9-14(22)18-8-12-6-4-5-7-13(12)24-3/h4-7H,8-9H2,1-3H3,(H,18,22). The maximum atomic E-state index is 12.6. The van der Waals surface area contributed by atoms with Gasteiger partial charge in [0.15, 0.2) is 0 Å². The number of rotatable bonds is 5. The summed E-state index contributed by atoms with van der Waals surface area (Å²) in [5, 5.41) is 6.83. The molecule has 0 aliphatic heterocycles. The van der Waals surface area contributed by atoms with E-state index in [1.807, 2.05) is 24.3 Å². The number of nitrogens with one attached hydrogen (secondary N) is 1. The Labute approximate surface area is 143 Å². The van der Waals surface area contributed by atoms with Gasteiger partial charge in [0, 0.05) is 12.1 Å². The van der Waals surface area contributed by atoms with Crippen LogP contribution in [0.15, 0.2) is 33.6 Å². The molecule has 1 aromatic carbocycles. The number of para-hydroxylation sites is 1. The van der Waals surface area contributed by atoms with E-state index in [0.717, 1.165) is 5.56 Å². The molecule has 0 aliphatic carbocycles. The second-order valence-corrected chi connectivity index (χ2v) is 5.59. The first-order valence-electron chi connectivity index (χ1n) is 7.73. The van der Waals surface area contributed by atoms with Crippen LogP contribution in [0.3, 0.4) is 0 Å². The summed E-state index contributed by atoms with van der Waals surface area (Å²) in [4.78, 5) is 29.0. The van der Waals surface area contributed by atoms with Crippen molar-refractivity contribution in [3.8, 4) is 5.75 Å². The van der Waals surface area contributed by atoms with E-state index in [4.69, 9.17) is 9.26 Å². The second-order valence-electron chi connectivity index (χ2n) is 5.59. The smallest absolute Gasteiger partial charge is 0.267 e.